The Hall–Kier alpha value is -0.830. The van der Waals surface area contributed by atoms with Crippen LogP contribution in [0.1, 0.15) is 70.7 Å². The predicted octanol–water partition coefficient (Wildman–Crippen LogP) is 3.47. The van der Waals surface area contributed by atoms with Crippen LogP contribution in [0.25, 0.3) is 0 Å². The molecule has 92 valence electrons. The van der Waals surface area contributed by atoms with Gasteiger partial charge in [0.2, 0.25) is 0 Å². The predicted molar refractivity (Wildman–Crippen MR) is 66.3 cm³/mol. The molecule has 1 heterocycles. The summed E-state index contributed by atoms with van der Waals surface area (Å²) >= 11 is 0. The van der Waals surface area contributed by atoms with Crippen LogP contribution in [0.4, 0.5) is 0 Å². The Kier molecular flexibility index (Phi) is 5.53. The van der Waals surface area contributed by atoms with Crippen molar-refractivity contribution in [2.75, 3.05) is 0 Å². The number of aliphatic hydroxyl groups excluding tert-OH is 1. The van der Waals surface area contributed by atoms with E-state index >= 15 is 0 Å². The number of aromatic nitrogens is 2. The summed E-state index contributed by atoms with van der Waals surface area (Å²) in [6, 6.07) is 0.364. The Labute approximate surface area is 98.5 Å². The van der Waals surface area contributed by atoms with Gasteiger partial charge in [-0.2, -0.15) is 0 Å². The molecule has 1 unspecified atom stereocenters. The van der Waals surface area contributed by atoms with Crippen molar-refractivity contribution in [3.63, 3.8) is 0 Å². The maximum atomic E-state index is 10.1. The number of hydrogen-bond donors (Lipinski definition) is 1. The van der Waals surface area contributed by atoms with E-state index < -0.39 is 0 Å². The lowest BCUT2D eigenvalue weighted by Gasteiger charge is -2.16. The Morgan fingerprint density at radius 1 is 1.31 bits per heavy atom. The van der Waals surface area contributed by atoms with E-state index in [2.05, 4.69) is 25.8 Å². The molecule has 1 aromatic heterocycles. The molecule has 0 aliphatic carbocycles. The van der Waals surface area contributed by atoms with Crippen molar-refractivity contribution in [1.82, 2.24) is 9.55 Å². The first-order valence-corrected chi connectivity index (χ1v) is 6.36. The molecule has 1 aromatic rings. The highest BCUT2D eigenvalue weighted by atomic mass is 16.3. The zero-order valence-corrected chi connectivity index (χ0v) is 10.7. The van der Waals surface area contributed by atoms with Gasteiger partial charge < -0.3 is 9.67 Å². The summed E-state index contributed by atoms with van der Waals surface area (Å²) < 4.78 is 2.05. The van der Waals surface area contributed by atoms with E-state index in [0.29, 0.717) is 6.04 Å². The molecule has 0 bridgehead atoms. The van der Waals surface area contributed by atoms with Crippen LogP contribution in [0, 0.1) is 0 Å². The van der Waals surface area contributed by atoms with Crippen molar-refractivity contribution in [3.8, 4) is 0 Å². The number of aliphatic hydroxyl groups is 1. The second-order valence-electron chi connectivity index (χ2n) is 4.68. The lowest BCUT2D eigenvalue weighted by molar-refractivity contribution is 0.152. The van der Waals surface area contributed by atoms with E-state index in [9.17, 15) is 5.11 Å². The maximum absolute atomic E-state index is 10.1. The molecule has 1 rings (SSSR count). The average molecular weight is 224 g/mol. The third-order valence-electron chi connectivity index (χ3n) is 2.92. The lowest BCUT2D eigenvalue weighted by Crippen LogP contribution is -2.08. The molecule has 0 radical (unpaired) electrons. The first-order chi connectivity index (χ1) is 7.66. The number of rotatable bonds is 7. The molecule has 0 spiro atoms. The largest absolute Gasteiger partial charge is 0.387 e. The summed E-state index contributed by atoms with van der Waals surface area (Å²) in [5, 5.41) is 10.1. The van der Waals surface area contributed by atoms with Crippen molar-refractivity contribution in [1.29, 1.82) is 0 Å². The van der Waals surface area contributed by atoms with E-state index in [1.807, 2.05) is 4.57 Å². The first-order valence-electron chi connectivity index (χ1n) is 6.36. The summed E-state index contributed by atoms with van der Waals surface area (Å²) in [5.41, 5.74) is 0.950. The van der Waals surface area contributed by atoms with Gasteiger partial charge in [0.1, 0.15) is 0 Å². The van der Waals surface area contributed by atoms with Gasteiger partial charge in [-0.3, -0.25) is 0 Å². The monoisotopic (exact) mass is 224 g/mol. The molecule has 3 nitrogen and oxygen atoms in total. The third-order valence-corrected chi connectivity index (χ3v) is 2.92. The van der Waals surface area contributed by atoms with Crippen LogP contribution in [0.3, 0.4) is 0 Å². The minimum atomic E-state index is -0.359. The zero-order valence-electron chi connectivity index (χ0n) is 10.7. The number of nitrogens with zero attached hydrogens (tertiary/aromatic N) is 2. The molecule has 0 fully saturated rings. The highest BCUT2D eigenvalue weighted by molar-refractivity contribution is 5.03. The van der Waals surface area contributed by atoms with Crippen LogP contribution in [0.5, 0.6) is 0 Å². The third kappa shape index (κ3) is 3.63. The van der Waals surface area contributed by atoms with Gasteiger partial charge in [-0.25, -0.2) is 4.98 Å². The van der Waals surface area contributed by atoms with Crippen molar-refractivity contribution >= 4 is 0 Å². The Morgan fingerprint density at radius 3 is 2.69 bits per heavy atom. The van der Waals surface area contributed by atoms with Gasteiger partial charge in [0.15, 0.2) is 0 Å². The molecule has 0 saturated heterocycles. The summed E-state index contributed by atoms with van der Waals surface area (Å²) in [4.78, 5) is 4.11. The number of unbranched alkanes of at least 4 members (excludes halogenated alkanes) is 3. The molecule has 0 aliphatic rings. The summed E-state index contributed by atoms with van der Waals surface area (Å²) in [6.45, 7) is 6.41. The van der Waals surface area contributed by atoms with Crippen molar-refractivity contribution in [3.05, 3.63) is 18.2 Å². The van der Waals surface area contributed by atoms with E-state index in [1.54, 1.807) is 12.5 Å². The van der Waals surface area contributed by atoms with Crippen LogP contribution >= 0.6 is 0 Å². The molecular weight excluding hydrogens is 200 g/mol. The number of hydrogen-bond acceptors (Lipinski definition) is 2. The Morgan fingerprint density at radius 2 is 2.06 bits per heavy atom. The zero-order chi connectivity index (χ0) is 12.0. The molecular formula is C13H24N2O. The van der Waals surface area contributed by atoms with E-state index in [4.69, 9.17) is 0 Å². The SMILES string of the molecule is CCCCCCC(O)c1cncn1C(C)C. The fourth-order valence-corrected chi connectivity index (χ4v) is 1.92. The van der Waals surface area contributed by atoms with E-state index in [0.717, 1.165) is 18.5 Å². The van der Waals surface area contributed by atoms with Crippen molar-refractivity contribution in [2.24, 2.45) is 0 Å². The molecule has 0 saturated carbocycles. The van der Waals surface area contributed by atoms with Gasteiger partial charge in [0.05, 0.1) is 24.3 Å². The van der Waals surface area contributed by atoms with Crippen LogP contribution < -0.4 is 0 Å². The minimum Gasteiger partial charge on any atom is -0.387 e. The molecule has 0 aliphatic heterocycles. The van der Waals surface area contributed by atoms with Crippen molar-refractivity contribution < 1.29 is 5.11 Å². The van der Waals surface area contributed by atoms with Gasteiger partial charge in [-0.1, -0.05) is 32.6 Å². The normalized spacial score (nSPS) is 13.3. The summed E-state index contributed by atoms with van der Waals surface area (Å²) in [5.74, 6) is 0. The van der Waals surface area contributed by atoms with Gasteiger partial charge in [0.25, 0.3) is 0 Å². The second kappa shape index (κ2) is 6.69. The maximum Gasteiger partial charge on any atom is 0.0955 e. The quantitative estimate of drug-likeness (QED) is 0.720. The molecule has 1 atom stereocenters. The number of imidazole rings is 1. The van der Waals surface area contributed by atoms with Crippen LogP contribution in [0.15, 0.2) is 12.5 Å². The van der Waals surface area contributed by atoms with Gasteiger partial charge in [-0.05, 0) is 20.3 Å². The van der Waals surface area contributed by atoms with E-state index in [1.165, 1.54) is 19.3 Å². The lowest BCUT2D eigenvalue weighted by atomic mass is 10.1. The fourth-order valence-electron chi connectivity index (χ4n) is 1.92. The van der Waals surface area contributed by atoms with Gasteiger partial charge >= 0.3 is 0 Å². The Balaban J connectivity index is 2.46. The standard InChI is InChI=1S/C13H24N2O/c1-4-5-6-7-8-13(16)12-9-14-10-15(12)11(2)3/h9-11,13,16H,4-8H2,1-3H3. The highest BCUT2D eigenvalue weighted by Crippen LogP contribution is 2.22. The molecule has 0 amide bonds. The fraction of sp³-hybridized carbons (Fsp3) is 0.769. The minimum absolute atomic E-state index is 0.359. The van der Waals surface area contributed by atoms with Gasteiger partial charge in [0, 0.05) is 6.04 Å². The molecule has 16 heavy (non-hydrogen) atoms. The van der Waals surface area contributed by atoms with Crippen LogP contribution in [-0.2, 0) is 0 Å². The molecule has 1 N–H and O–H groups in total. The van der Waals surface area contributed by atoms with Gasteiger partial charge in [-0.15, -0.1) is 0 Å². The topological polar surface area (TPSA) is 38.1 Å². The summed E-state index contributed by atoms with van der Waals surface area (Å²) in [6.07, 6.45) is 8.87. The van der Waals surface area contributed by atoms with Crippen LogP contribution in [0.2, 0.25) is 0 Å². The molecule has 3 heteroatoms. The average Bonchev–Trinajstić information content (AvgIpc) is 2.73. The first kappa shape index (κ1) is 13.2. The second-order valence-corrected chi connectivity index (χ2v) is 4.68. The van der Waals surface area contributed by atoms with Crippen LogP contribution in [-0.4, -0.2) is 14.7 Å². The van der Waals surface area contributed by atoms with E-state index in [-0.39, 0.29) is 6.10 Å². The smallest absolute Gasteiger partial charge is 0.0955 e. The summed E-state index contributed by atoms with van der Waals surface area (Å²) in [7, 11) is 0. The Bertz CT molecular complexity index is 294. The van der Waals surface area contributed by atoms with Crippen molar-refractivity contribution in [2.45, 2.75) is 65.0 Å². The highest BCUT2D eigenvalue weighted by Gasteiger charge is 2.13. The molecule has 0 aromatic carbocycles.